The second-order valence-corrected chi connectivity index (χ2v) is 6.54. The summed E-state index contributed by atoms with van der Waals surface area (Å²) in [5, 5.41) is 6.46. The van der Waals surface area contributed by atoms with E-state index in [1.807, 2.05) is 0 Å². The summed E-state index contributed by atoms with van der Waals surface area (Å²) in [6.07, 6.45) is 18.3. The fraction of sp³-hybridized carbons (Fsp3) is 0.737. The number of likely N-dealkylation sites (N-methyl/N-ethyl adjacent to an activating group) is 1. The van der Waals surface area contributed by atoms with Crippen molar-refractivity contribution in [3.05, 3.63) is 24.6 Å². The molecule has 0 radical (unpaired) electrons. The van der Waals surface area contributed by atoms with Crippen LogP contribution in [0.3, 0.4) is 0 Å². The lowest BCUT2D eigenvalue weighted by Crippen LogP contribution is -2.55. The van der Waals surface area contributed by atoms with Crippen molar-refractivity contribution < 1.29 is 9.28 Å². The quantitative estimate of drug-likeness (QED) is 0.327. The van der Waals surface area contributed by atoms with Gasteiger partial charge in [0, 0.05) is 13.3 Å². The van der Waals surface area contributed by atoms with E-state index in [-0.39, 0.29) is 5.91 Å². The Balaban J connectivity index is 2.24. The normalized spacial score (nSPS) is 23.3. The van der Waals surface area contributed by atoms with E-state index in [2.05, 4.69) is 49.0 Å². The Labute approximate surface area is 142 Å². The van der Waals surface area contributed by atoms with Gasteiger partial charge in [0.15, 0.2) is 6.17 Å². The Morgan fingerprint density at radius 2 is 2.00 bits per heavy atom. The SMILES string of the molecule is C/C=C/CCCCCCCC1NC=C[N+]1(CC)CCNC(C)=O. The van der Waals surface area contributed by atoms with Crippen LogP contribution >= 0.6 is 0 Å². The molecule has 2 N–H and O–H groups in total. The van der Waals surface area contributed by atoms with Crippen LogP contribution in [-0.2, 0) is 4.79 Å². The van der Waals surface area contributed by atoms with Gasteiger partial charge in [-0.3, -0.25) is 9.28 Å². The summed E-state index contributed by atoms with van der Waals surface area (Å²) in [6.45, 7) is 8.69. The molecule has 23 heavy (non-hydrogen) atoms. The highest BCUT2D eigenvalue weighted by Gasteiger charge is 2.36. The van der Waals surface area contributed by atoms with Crippen LogP contribution in [-0.4, -0.2) is 36.2 Å². The summed E-state index contributed by atoms with van der Waals surface area (Å²) in [5.41, 5.74) is 0. The van der Waals surface area contributed by atoms with Gasteiger partial charge < -0.3 is 10.6 Å². The molecule has 4 nitrogen and oxygen atoms in total. The molecule has 1 heterocycles. The van der Waals surface area contributed by atoms with Crippen LogP contribution in [0.5, 0.6) is 0 Å². The number of allylic oxidation sites excluding steroid dienone is 2. The van der Waals surface area contributed by atoms with E-state index in [0.717, 1.165) is 24.1 Å². The lowest BCUT2D eigenvalue weighted by molar-refractivity contribution is -0.898. The van der Waals surface area contributed by atoms with E-state index < -0.39 is 0 Å². The van der Waals surface area contributed by atoms with Gasteiger partial charge in [-0.2, -0.15) is 0 Å². The predicted molar refractivity (Wildman–Crippen MR) is 97.5 cm³/mol. The second-order valence-electron chi connectivity index (χ2n) is 6.54. The van der Waals surface area contributed by atoms with E-state index in [1.165, 1.54) is 44.9 Å². The van der Waals surface area contributed by atoms with Gasteiger partial charge in [0.05, 0.1) is 19.3 Å². The first-order valence-electron chi connectivity index (χ1n) is 9.30. The zero-order valence-electron chi connectivity index (χ0n) is 15.3. The van der Waals surface area contributed by atoms with E-state index in [4.69, 9.17) is 0 Å². The molecular formula is C19H36N3O+. The third-order valence-electron chi connectivity index (χ3n) is 4.86. The number of nitrogens with zero attached hydrogens (tertiary/aromatic N) is 1. The number of unbranched alkanes of at least 4 members (excludes halogenated alkanes) is 5. The number of hydrogen-bond acceptors (Lipinski definition) is 2. The number of rotatable bonds is 12. The molecule has 2 unspecified atom stereocenters. The van der Waals surface area contributed by atoms with Gasteiger partial charge >= 0.3 is 0 Å². The molecule has 1 rings (SSSR count). The maximum Gasteiger partial charge on any atom is 0.217 e. The van der Waals surface area contributed by atoms with E-state index >= 15 is 0 Å². The fourth-order valence-corrected chi connectivity index (χ4v) is 3.35. The van der Waals surface area contributed by atoms with Crippen molar-refractivity contribution in [2.45, 2.75) is 71.9 Å². The number of carbonyl (C=O) groups is 1. The van der Waals surface area contributed by atoms with Gasteiger partial charge in [-0.05, 0) is 33.1 Å². The Morgan fingerprint density at radius 1 is 1.26 bits per heavy atom. The van der Waals surface area contributed by atoms with Crippen molar-refractivity contribution in [3.63, 3.8) is 0 Å². The molecule has 0 aliphatic carbocycles. The largest absolute Gasteiger partial charge is 0.351 e. The van der Waals surface area contributed by atoms with Gasteiger partial charge in [0.2, 0.25) is 5.91 Å². The van der Waals surface area contributed by atoms with Gasteiger partial charge in [0.25, 0.3) is 0 Å². The minimum Gasteiger partial charge on any atom is -0.351 e. The molecule has 2 atom stereocenters. The van der Waals surface area contributed by atoms with Crippen LogP contribution in [0.25, 0.3) is 0 Å². The van der Waals surface area contributed by atoms with Crippen LogP contribution in [0, 0.1) is 0 Å². The molecule has 0 fully saturated rings. The Morgan fingerprint density at radius 3 is 2.70 bits per heavy atom. The van der Waals surface area contributed by atoms with E-state index in [1.54, 1.807) is 6.92 Å². The molecule has 1 amide bonds. The summed E-state index contributed by atoms with van der Waals surface area (Å²) in [6, 6.07) is 0. The predicted octanol–water partition coefficient (Wildman–Crippen LogP) is 3.67. The van der Waals surface area contributed by atoms with Gasteiger partial charge in [-0.1, -0.05) is 31.4 Å². The summed E-state index contributed by atoms with van der Waals surface area (Å²) in [5.74, 6) is 0.0601. The highest BCUT2D eigenvalue weighted by atomic mass is 16.1. The highest BCUT2D eigenvalue weighted by Crippen LogP contribution is 2.22. The maximum atomic E-state index is 11.1. The molecule has 0 aromatic rings. The van der Waals surface area contributed by atoms with Crippen LogP contribution in [0.4, 0.5) is 0 Å². The molecule has 0 aromatic carbocycles. The van der Waals surface area contributed by atoms with Crippen molar-refractivity contribution >= 4 is 5.91 Å². The van der Waals surface area contributed by atoms with E-state index in [0.29, 0.717) is 6.17 Å². The first-order valence-corrected chi connectivity index (χ1v) is 9.30. The second kappa shape index (κ2) is 11.3. The Bertz CT molecular complexity index is 392. The summed E-state index contributed by atoms with van der Waals surface area (Å²) < 4.78 is 0.946. The third-order valence-corrected chi connectivity index (χ3v) is 4.86. The number of nitrogens with one attached hydrogen (secondary N) is 2. The number of quaternary nitrogens is 1. The minimum absolute atomic E-state index is 0.0601. The smallest absolute Gasteiger partial charge is 0.217 e. The number of carbonyl (C=O) groups excluding carboxylic acids is 1. The molecule has 0 spiro atoms. The van der Waals surface area contributed by atoms with E-state index in [9.17, 15) is 4.79 Å². The van der Waals surface area contributed by atoms with Gasteiger partial charge in [-0.25, -0.2) is 0 Å². The molecule has 4 heteroatoms. The first-order chi connectivity index (χ1) is 11.1. The monoisotopic (exact) mass is 322 g/mol. The van der Waals surface area contributed by atoms with Crippen LogP contribution in [0.1, 0.15) is 65.7 Å². The van der Waals surface area contributed by atoms with Gasteiger partial charge in [-0.15, -0.1) is 0 Å². The molecular weight excluding hydrogens is 286 g/mol. The summed E-state index contributed by atoms with van der Waals surface area (Å²) >= 11 is 0. The summed E-state index contributed by atoms with van der Waals surface area (Å²) in [4.78, 5) is 11.1. The molecule has 0 bridgehead atoms. The highest BCUT2D eigenvalue weighted by molar-refractivity contribution is 5.72. The number of hydrogen-bond donors (Lipinski definition) is 2. The van der Waals surface area contributed by atoms with Crippen molar-refractivity contribution in [2.24, 2.45) is 0 Å². The molecule has 132 valence electrons. The van der Waals surface area contributed by atoms with Crippen molar-refractivity contribution in [2.75, 3.05) is 19.6 Å². The van der Waals surface area contributed by atoms with Crippen LogP contribution in [0.2, 0.25) is 0 Å². The molecule has 1 aliphatic heterocycles. The molecule has 1 aliphatic rings. The Kier molecular flexibility index (Phi) is 9.69. The zero-order chi connectivity index (χ0) is 17.0. The van der Waals surface area contributed by atoms with Crippen LogP contribution in [0.15, 0.2) is 24.6 Å². The molecule has 0 saturated carbocycles. The van der Waals surface area contributed by atoms with Gasteiger partial charge in [0.1, 0.15) is 12.7 Å². The summed E-state index contributed by atoms with van der Waals surface area (Å²) in [7, 11) is 0. The first kappa shape index (κ1) is 19.8. The standard InChI is InChI=1S/C19H35N3O/c1-4-6-7-8-9-10-11-12-13-19-21-15-17-22(19,5-2)16-14-20-18(3)23/h4,6,15,17,19,21H,5,7-14,16H2,1-3H3/p+1/b6-4+. The third kappa shape index (κ3) is 7.21. The van der Waals surface area contributed by atoms with Crippen molar-refractivity contribution in [3.8, 4) is 0 Å². The lowest BCUT2D eigenvalue weighted by Gasteiger charge is -2.37. The average molecular weight is 323 g/mol. The van der Waals surface area contributed by atoms with Crippen molar-refractivity contribution in [1.82, 2.24) is 10.6 Å². The fourth-order valence-electron chi connectivity index (χ4n) is 3.35. The molecule has 0 aromatic heterocycles. The Hall–Kier alpha value is -1.29. The average Bonchev–Trinajstić information content (AvgIpc) is 2.93. The van der Waals surface area contributed by atoms with Crippen molar-refractivity contribution in [1.29, 1.82) is 0 Å². The molecule has 0 saturated heterocycles. The maximum absolute atomic E-state index is 11.1. The zero-order valence-corrected chi connectivity index (χ0v) is 15.3. The number of amides is 1. The lowest BCUT2D eigenvalue weighted by atomic mass is 10.1. The van der Waals surface area contributed by atoms with Crippen LogP contribution < -0.4 is 10.6 Å². The minimum atomic E-state index is 0.0601. The topological polar surface area (TPSA) is 41.1 Å².